The van der Waals surface area contributed by atoms with Crippen molar-refractivity contribution >= 4 is 28.6 Å². The molecule has 1 unspecified atom stereocenters. The molecule has 1 aromatic heterocycles. The number of rotatable bonds is 2. The second-order valence-electron chi connectivity index (χ2n) is 7.24. The van der Waals surface area contributed by atoms with Gasteiger partial charge in [0.25, 0.3) is 0 Å². The number of para-hydroxylation sites is 1. The third-order valence-electron chi connectivity index (χ3n) is 4.04. The molecular formula is C19H23N3O3. The van der Waals surface area contributed by atoms with Crippen molar-refractivity contribution < 1.29 is 14.3 Å². The molecule has 0 spiro atoms. The molecule has 6 heteroatoms. The second-order valence-corrected chi connectivity index (χ2v) is 7.24. The highest BCUT2D eigenvalue weighted by molar-refractivity contribution is 5.98. The van der Waals surface area contributed by atoms with Gasteiger partial charge in [-0.05, 0) is 45.7 Å². The highest BCUT2D eigenvalue weighted by atomic mass is 16.6. The third-order valence-corrected chi connectivity index (χ3v) is 4.04. The van der Waals surface area contributed by atoms with Crippen molar-refractivity contribution in [1.29, 1.82) is 0 Å². The van der Waals surface area contributed by atoms with Gasteiger partial charge >= 0.3 is 6.09 Å². The molecule has 0 bridgehead atoms. The van der Waals surface area contributed by atoms with Crippen LogP contribution >= 0.6 is 0 Å². The van der Waals surface area contributed by atoms with E-state index in [1.165, 1.54) is 4.90 Å². The Balaban J connectivity index is 1.71. The fraction of sp³-hybridized carbons (Fsp3) is 0.421. The Bertz CT molecular complexity index is 798. The topological polar surface area (TPSA) is 71.5 Å². The van der Waals surface area contributed by atoms with E-state index >= 15 is 0 Å². The molecule has 0 aliphatic carbocycles. The van der Waals surface area contributed by atoms with Crippen LogP contribution in [0.25, 0.3) is 10.9 Å². The number of nitrogens with one attached hydrogen (secondary N) is 1. The summed E-state index contributed by atoms with van der Waals surface area (Å²) in [6, 6.07) is 9.08. The Morgan fingerprint density at radius 2 is 2.04 bits per heavy atom. The molecule has 0 saturated carbocycles. The molecule has 2 amide bonds. The van der Waals surface area contributed by atoms with Crippen LogP contribution in [0.5, 0.6) is 0 Å². The van der Waals surface area contributed by atoms with Crippen LogP contribution in [0.2, 0.25) is 0 Å². The van der Waals surface area contributed by atoms with E-state index in [-0.39, 0.29) is 5.91 Å². The summed E-state index contributed by atoms with van der Waals surface area (Å²) in [4.78, 5) is 30.8. The van der Waals surface area contributed by atoms with Crippen molar-refractivity contribution in [2.75, 3.05) is 11.9 Å². The minimum atomic E-state index is -0.580. The van der Waals surface area contributed by atoms with Gasteiger partial charge in [0.2, 0.25) is 5.91 Å². The first-order valence-electron chi connectivity index (χ1n) is 8.49. The maximum Gasteiger partial charge on any atom is 0.410 e. The fourth-order valence-corrected chi connectivity index (χ4v) is 2.94. The Hall–Kier alpha value is -2.63. The van der Waals surface area contributed by atoms with E-state index in [4.69, 9.17) is 4.74 Å². The number of fused-ring (bicyclic) bond motifs is 1. The molecular weight excluding hydrogens is 318 g/mol. The highest BCUT2D eigenvalue weighted by Crippen LogP contribution is 2.23. The van der Waals surface area contributed by atoms with Gasteiger partial charge in [-0.15, -0.1) is 0 Å². The average molecular weight is 341 g/mol. The van der Waals surface area contributed by atoms with Crippen molar-refractivity contribution in [1.82, 2.24) is 9.88 Å². The molecule has 1 atom stereocenters. The van der Waals surface area contributed by atoms with E-state index in [2.05, 4.69) is 10.3 Å². The lowest BCUT2D eigenvalue weighted by Gasteiger charge is -2.28. The lowest BCUT2D eigenvalue weighted by molar-refractivity contribution is -0.120. The molecule has 3 rings (SSSR count). The number of likely N-dealkylation sites (tertiary alicyclic amines) is 1. The van der Waals surface area contributed by atoms with Crippen molar-refractivity contribution in [2.45, 2.75) is 45.3 Å². The number of hydrogen-bond acceptors (Lipinski definition) is 4. The molecule has 0 radical (unpaired) electrons. The van der Waals surface area contributed by atoms with E-state index in [1.54, 1.807) is 6.20 Å². The molecule has 1 fully saturated rings. The lowest BCUT2D eigenvalue weighted by Crippen LogP contribution is -2.45. The van der Waals surface area contributed by atoms with E-state index in [0.717, 1.165) is 17.3 Å². The van der Waals surface area contributed by atoms with Crippen molar-refractivity contribution in [3.63, 3.8) is 0 Å². The standard InChI is InChI=1S/C19H23N3O3/c1-19(2,3)25-18(24)22-10-6-9-16(22)17(23)21-14-11-13-7-4-5-8-15(13)20-12-14/h4-5,7-8,11-12,16H,6,9-10H2,1-3H3,(H,21,23). The molecule has 132 valence electrons. The summed E-state index contributed by atoms with van der Waals surface area (Å²) in [6.45, 7) is 5.98. The maximum atomic E-state index is 12.6. The summed E-state index contributed by atoms with van der Waals surface area (Å²) in [5, 5.41) is 3.83. The summed E-state index contributed by atoms with van der Waals surface area (Å²) in [7, 11) is 0. The Kier molecular flexibility index (Phi) is 4.61. The Morgan fingerprint density at radius 1 is 1.28 bits per heavy atom. The first-order chi connectivity index (χ1) is 11.8. The van der Waals surface area contributed by atoms with Gasteiger partial charge in [-0.2, -0.15) is 0 Å². The SMILES string of the molecule is CC(C)(C)OC(=O)N1CCCC1C(=O)Nc1cnc2ccccc2c1. The minimum Gasteiger partial charge on any atom is -0.444 e. The minimum absolute atomic E-state index is 0.208. The fourth-order valence-electron chi connectivity index (χ4n) is 2.94. The van der Waals surface area contributed by atoms with Crippen LogP contribution in [0.3, 0.4) is 0 Å². The molecule has 1 aromatic carbocycles. The third kappa shape index (κ3) is 4.07. The van der Waals surface area contributed by atoms with Gasteiger partial charge in [0.1, 0.15) is 11.6 Å². The quantitative estimate of drug-likeness (QED) is 0.906. The Morgan fingerprint density at radius 3 is 2.80 bits per heavy atom. The predicted octanol–water partition coefficient (Wildman–Crippen LogP) is 3.57. The molecule has 6 nitrogen and oxygen atoms in total. The van der Waals surface area contributed by atoms with E-state index in [9.17, 15) is 9.59 Å². The van der Waals surface area contributed by atoms with E-state index in [0.29, 0.717) is 18.7 Å². The second kappa shape index (κ2) is 6.70. The molecule has 2 heterocycles. The van der Waals surface area contributed by atoms with Gasteiger partial charge in [-0.1, -0.05) is 18.2 Å². The zero-order chi connectivity index (χ0) is 18.0. The number of benzene rings is 1. The smallest absolute Gasteiger partial charge is 0.410 e. The van der Waals surface area contributed by atoms with Gasteiger partial charge < -0.3 is 10.1 Å². The zero-order valence-corrected chi connectivity index (χ0v) is 14.8. The first-order valence-corrected chi connectivity index (χ1v) is 8.49. The first kappa shape index (κ1) is 17.2. The van der Waals surface area contributed by atoms with Gasteiger partial charge in [-0.25, -0.2) is 4.79 Å². The number of ether oxygens (including phenoxy) is 1. The molecule has 1 aliphatic heterocycles. The molecule has 1 aliphatic rings. The van der Waals surface area contributed by atoms with Crippen molar-refractivity contribution in [3.05, 3.63) is 36.5 Å². The predicted molar refractivity (Wildman–Crippen MR) is 96.3 cm³/mol. The number of amides is 2. The molecule has 1 saturated heterocycles. The number of carbonyl (C=O) groups is 2. The van der Waals surface area contributed by atoms with Crippen LogP contribution < -0.4 is 5.32 Å². The monoisotopic (exact) mass is 341 g/mol. The normalized spacial score (nSPS) is 17.6. The number of pyridine rings is 1. The highest BCUT2D eigenvalue weighted by Gasteiger charge is 2.36. The van der Waals surface area contributed by atoms with Crippen molar-refractivity contribution in [3.8, 4) is 0 Å². The van der Waals surface area contributed by atoms with Gasteiger partial charge in [0.05, 0.1) is 17.4 Å². The average Bonchev–Trinajstić information content (AvgIpc) is 3.03. The van der Waals surface area contributed by atoms with Crippen molar-refractivity contribution in [2.24, 2.45) is 0 Å². The Labute approximate surface area is 147 Å². The number of carbonyl (C=O) groups excluding carboxylic acids is 2. The lowest BCUT2D eigenvalue weighted by atomic mass is 10.2. The van der Waals surface area contributed by atoms with Crippen LogP contribution in [0.15, 0.2) is 36.5 Å². The van der Waals surface area contributed by atoms with Gasteiger partial charge in [-0.3, -0.25) is 14.7 Å². The van der Waals surface area contributed by atoms with Crippen LogP contribution in [0, 0.1) is 0 Å². The molecule has 1 N–H and O–H groups in total. The largest absolute Gasteiger partial charge is 0.444 e. The zero-order valence-electron chi connectivity index (χ0n) is 14.8. The maximum absolute atomic E-state index is 12.6. The van der Waals surface area contributed by atoms with E-state index in [1.807, 2.05) is 51.1 Å². The summed E-state index contributed by atoms with van der Waals surface area (Å²) in [5.41, 5.74) is 0.916. The summed E-state index contributed by atoms with van der Waals surface area (Å²) in [6.07, 6.45) is 2.61. The molecule has 2 aromatic rings. The summed E-state index contributed by atoms with van der Waals surface area (Å²) < 4.78 is 5.40. The van der Waals surface area contributed by atoms with Crippen LogP contribution in [-0.4, -0.2) is 40.1 Å². The number of anilines is 1. The van der Waals surface area contributed by atoms with Crippen LogP contribution in [0.4, 0.5) is 10.5 Å². The number of aromatic nitrogens is 1. The number of nitrogens with zero attached hydrogens (tertiary/aromatic N) is 2. The van der Waals surface area contributed by atoms with Crippen LogP contribution in [0.1, 0.15) is 33.6 Å². The summed E-state index contributed by atoms with van der Waals surface area (Å²) in [5.74, 6) is -0.208. The summed E-state index contributed by atoms with van der Waals surface area (Å²) >= 11 is 0. The van der Waals surface area contributed by atoms with Crippen LogP contribution in [-0.2, 0) is 9.53 Å². The number of hydrogen-bond donors (Lipinski definition) is 1. The molecule has 25 heavy (non-hydrogen) atoms. The van der Waals surface area contributed by atoms with Gasteiger partial charge in [0, 0.05) is 11.9 Å². The van der Waals surface area contributed by atoms with E-state index < -0.39 is 17.7 Å². The van der Waals surface area contributed by atoms with Gasteiger partial charge in [0.15, 0.2) is 0 Å².